The van der Waals surface area contributed by atoms with Crippen LogP contribution in [0, 0.1) is 0 Å². The summed E-state index contributed by atoms with van der Waals surface area (Å²) in [6, 6.07) is 5.52. The normalized spacial score (nSPS) is 10.6. The average molecular weight is 204 g/mol. The van der Waals surface area contributed by atoms with E-state index in [1.165, 1.54) is 4.68 Å². The molecule has 0 aliphatic heterocycles. The van der Waals surface area contributed by atoms with Crippen molar-refractivity contribution in [2.45, 2.75) is 0 Å². The summed E-state index contributed by atoms with van der Waals surface area (Å²) in [4.78, 5) is 13.7. The SMILES string of the molecule is CN(C)c1cccc2c(=O)n(C)nnc12. The van der Waals surface area contributed by atoms with Gasteiger partial charge in [-0.05, 0) is 12.1 Å². The van der Waals surface area contributed by atoms with E-state index in [1.807, 2.05) is 31.1 Å². The van der Waals surface area contributed by atoms with Crippen LogP contribution >= 0.6 is 0 Å². The summed E-state index contributed by atoms with van der Waals surface area (Å²) in [5.74, 6) is 0. The summed E-state index contributed by atoms with van der Waals surface area (Å²) < 4.78 is 1.24. The van der Waals surface area contributed by atoms with E-state index in [-0.39, 0.29) is 5.56 Å². The lowest BCUT2D eigenvalue weighted by Crippen LogP contribution is -2.22. The van der Waals surface area contributed by atoms with E-state index in [9.17, 15) is 4.79 Å². The van der Waals surface area contributed by atoms with Crippen molar-refractivity contribution in [2.75, 3.05) is 19.0 Å². The lowest BCUT2D eigenvalue weighted by Gasteiger charge is -2.13. The standard InChI is InChI=1S/C10H12N4O/c1-13(2)8-6-4-5-7-9(8)11-12-14(3)10(7)15/h4-6H,1-3H3. The van der Waals surface area contributed by atoms with Crippen LogP contribution in [-0.2, 0) is 7.05 Å². The lowest BCUT2D eigenvalue weighted by molar-refractivity contribution is 0.656. The maximum absolute atomic E-state index is 11.7. The molecule has 1 heterocycles. The molecule has 0 radical (unpaired) electrons. The summed E-state index contributed by atoms with van der Waals surface area (Å²) in [6.07, 6.45) is 0. The molecule has 0 atom stereocenters. The number of hydrogen-bond donors (Lipinski definition) is 0. The minimum atomic E-state index is -0.122. The topological polar surface area (TPSA) is 51.0 Å². The van der Waals surface area contributed by atoms with Gasteiger partial charge < -0.3 is 4.90 Å². The van der Waals surface area contributed by atoms with Crippen molar-refractivity contribution in [3.05, 3.63) is 28.6 Å². The Bertz CT molecular complexity index is 559. The second kappa shape index (κ2) is 3.34. The molecule has 2 rings (SSSR count). The smallest absolute Gasteiger partial charge is 0.277 e. The number of benzene rings is 1. The van der Waals surface area contributed by atoms with Crippen LogP contribution in [0.5, 0.6) is 0 Å². The highest BCUT2D eigenvalue weighted by Crippen LogP contribution is 2.19. The van der Waals surface area contributed by atoms with Crippen LogP contribution in [0.4, 0.5) is 5.69 Å². The van der Waals surface area contributed by atoms with E-state index >= 15 is 0 Å². The Kier molecular flexibility index (Phi) is 2.15. The van der Waals surface area contributed by atoms with Gasteiger partial charge in [0, 0.05) is 21.1 Å². The molecule has 0 N–H and O–H groups in total. The molecule has 5 nitrogen and oxygen atoms in total. The van der Waals surface area contributed by atoms with Gasteiger partial charge in [-0.25, -0.2) is 4.68 Å². The maximum atomic E-state index is 11.7. The van der Waals surface area contributed by atoms with Gasteiger partial charge in [0.25, 0.3) is 5.56 Å². The van der Waals surface area contributed by atoms with Crippen LogP contribution in [0.15, 0.2) is 23.0 Å². The summed E-state index contributed by atoms with van der Waals surface area (Å²) in [7, 11) is 5.42. The lowest BCUT2D eigenvalue weighted by atomic mass is 10.2. The van der Waals surface area contributed by atoms with Crippen molar-refractivity contribution in [3.8, 4) is 0 Å². The van der Waals surface area contributed by atoms with E-state index in [4.69, 9.17) is 0 Å². The van der Waals surface area contributed by atoms with Crippen molar-refractivity contribution < 1.29 is 0 Å². The minimum Gasteiger partial charge on any atom is -0.376 e. The van der Waals surface area contributed by atoms with Crippen molar-refractivity contribution in [2.24, 2.45) is 7.05 Å². The summed E-state index contributed by atoms with van der Waals surface area (Å²) in [6.45, 7) is 0. The zero-order valence-corrected chi connectivity index (χ0v) is 8.93. The number of anilines is 1. The predicted octanol–water partition coefficient (Wildman–Crippen LogP) is 0.394. The molecule has 0 saturated carbocycles. The van der Waals surface area contributed by atoms with Crippen molar-refractivity contribution in [3.63, 3.8) is 0 Å². The number of hydrogen-bond acceptors (Lipinski definition) is 4. The Morgan fingerprint density at radius 1 is 1.33 bits per heavy atom. The van der Waals surface area contributed by atoms with Crippen LogP contribution in [0.25, 0.3) is 10.9 Å². The van der Waals surface area contributed by atoms with Crippen LogP contribution in [0.2, 0.25) is 0 Å². The number of rotatable bonds is 1. The largest absolute Gasteiger partial charge is 0.376 e. The molecule has 0 aliphatic carbocycles. The summed E-state index contributed by atoms with van der Waals surface area (Å²) in [5, 5.41) is 8.41. The van der Waals surface area contributed by atoms with E-state index in [0.717, 1.165) is 5.69 Å². The van der Waals surface area contributed by atoms with E-state index in [0.29, 0.717) is 10.9 Å². The van der Waals surface area contributed by atoms with Gasteiger partial charge in [0.1, 0.15) is 5.52 Å². The fourth-order valence-electron chi connectivity index (χ4n) is 1.50. The molecule has 0 unspecified atom stereocenters. The second-order valence-electron chi connectivity index (χ2n) is 3.59. The molecular weight excluding hydrogens is 192 g/mol. The van der Waals surface area contributed by atoms with Crippen molar-refractivity contribution in [1.82, 2.24) is 15.0 Å². The Balaban J connectivity index is 2.90. The van der Waals surface area contributed by atoms with Gasteiger partial charge in [0.15, 0.2) is 0 Å². The molecule has 0 amide bonds. The number of nitrogens with zero attached hydrogens (tertiary/aromatic N) is 4. The highest BCUT2D eigenvalue weighted by molar-refractivity contribution is 5.89. The predicted molar refractivity (Wildman–Crippen MR) is 59.1 cm³/mol. The summed E-state index contributed by atoms with van der Waals surface area (Å²) in [5.41, 5.74) is 1.42. The molecule has 0 bridgehead atoms. The maximum Gasteiger partial charge on any atom is 0.277 e. The van der Waals surface area contributed by atoms with E-state index in [2.05, 4.69) is 10.3 Å². The van der Waals surface area contributed by atoms with Crippen LogP contribution in [-0.4, -0.2) is 29.1 Å². The molecule has 1 aromatic carbocycles. The highest BCUT2D eigenvalue weighted by Gasteiger charge is 2.08. The van der Waals surface area contributed by atoms with Crippen molar-refractivity contribution in [1.29, 1.82) is 0 Å². The molecule has 0 spiro atoms. The third-order valence-corrected chi connectivity index (χ3v) is 2.30. The molecule has 15 heavy (non-hydrogen) atoms. The van der Waals surface area contributed by atoms with Gasteiger partial charge in [-0.3, -0.25) is 4.79 Å². The zero-order valence-electron chi connectivity index (χ0n) is 8.93. The average Bonchev–Trinajstić information content (AvgIpc) is 2.23. The fourth-order valence-corrected chi connectivity index (χ4v) is 1.50. The first-order chi connectivity index (χ1) is 7.11. The van der Waals surface area contributed by atoms with Gasteiger partial charge in [0.2, 0.25) is 0 Å². The number of aryl methyl sites for hydroxylation is 1. The molecule has 1 aromatic heterocycles. The Hall–Kier alpha value is -1.91. The van der Waals surface area contributed by atoms with Gasteiger partial charge in [-0.15, -0.1) is 5.10 Å². The van der Waals surface area contributed by atoms with Gasteiger partial charge >= 0.3 is 0 Å². The van der Waals surface area contributed by atoms with Crippen molar-refractivity contribution >= 4 is 16.6 Å². The Labute approximate surface area is 86.9 Å². The van der Waals surface area contributed by atoms with E-state index in [1.54, 1.807) is 13.1 Å². The first-order valence-corrected chi connectivity index (χ1v) is 4.61. The molecule has 5 heteroatoms. The van der Waals surface area contributed by atoms with E-state index < -0.39 is 0 Å². The molecule has 78 valence electrons. The van der Waals surface area contributed by atoms with Gasteiger partial charge in [-0.2, -0.15) is 0 Å². The molecule has 0 aliphatic rings. The first kappa shape index (κ1) is 9.64. The minimum absolute atomic E-state index is 0.122. The van der Waals surface area contributed by atoms with Crippen LogP contribution in [0.1, 0.15) is 0 Å². The first-order valence-electron chi connectivity index (χ1n) is 4.61. The summed E-state index contributed by atoms with van der Waals surface area (Å²) >= 11 is 0. The third-order valence-electron chi connectivity index (χ3n) is 2.30. The Morgan fingerprint density at radius 3 is 2.73 bits per heavy atom. The highest BCUT2D eigenvalue weighted by atomic mass is 16.1. The second-order valence-corrected chi connectivity index (χ2v) is 3.59. The van der Waals surface area contributed by atoms with Gasteiger partial charge in [0.05, 0.1) is 11.1 Å². The molecular formula is C10H12N4O. The molecule has 0 saturated heterocycles. The molecule has 2 aromatic rings. The fraction of sp³-hybridized carbons (Fsp3) is 0.300. The quantitative estimate of drug-likeness (QED) is 0.674. The Morgan fingerprint density at radius 2 is 2.07 bits per heavy atom. The third kappa shape index (κ3) is 1.45. The molecule has 0 fully saturated rings. The van der Waals surface area contributed by atoms with Crippen LogP contribution in [0.3, 0.4) is 0 Å². The zero-order chi connectivity index (χ0) is 11.0. The number of aromatic nitrogens is 3. The number of fused-ring (bicyclic) bond motifs is 1. The van der Waals surface area contributed by atoms with Crippen LogP contribution < -0.4 is 10.5 Å². The van der Waals surface area contributed by atoms with Gasteiger partial charge in [-0.1, -0.05) is 11.3 Å². The monoisotopic (exact) mass is 204 g/mol.